The van der Waals surface area contributed by atoms with E-state index in [4.69, 9.17) is 4.74 Å². The summed E-state index contributed by atoms with van der Waals surface area (Å²) in [6, 6.07) is 0. The molecule has 0 aromatic carbocycles. The lowest BCUT2D eigenvalue weighted by Gasteiger charge is -2.27. The summed E-state index contributed by atoms with van der Waals surface area (Å²) in [5.41, 5.74) is 0.457. The Morgan fingerprint density at radius 3 is 2.35 bits per heavy atom. The zero-order valence-corrected chi connectivity index (χ0v) is 11.9. The molecule has 1 rings (SSSR count). The molecular weight excluding hydrogens is 210 g/mol. The first-order chi connectivity index (χ1) is 8.33. The summed E-state index contributed by atoms with van der Waals surface area (Å²) in [4.78, 5) is 0. The highest BCUT2D eigenvalue weighted by Crippen LogP contribution is 2.33. The quantitative estimate of drug-likeness (QED) is 0.588. The van der Waals surface area contributed by atoms with Gasteiger partial charge in [-0.15, -0.1) is 0 Å². The predicted octanol–water partition coefficient (Wildman–Crippen LogP) is 3.75. The number of hydrogen-bond donors (Lipinski definition) is 1. The summed E-state index contributed by atoms with van der Waals surface area (Å²) in [5, 5.41) is 3.34. The van der Waals surface area contributed by atoms with Crippen LogP contribution >= 0.6 is 0 Å². The molecule has 0 aromatic heterocycles. The summed E-state index contributed by atoms with van der Waals surface area (Å²) < 4.78 is 5.58. The molecule has 2 nitrogen and oxygen atoms in total. The third-order valence-corrected chi connectivity index (χ3v) is 4.05. The molecule has 1 heterocycles. The number of unbranched alkanes of at least 4 members (excludes halogenated alkanes) is 6. The Morgan fingerprint density at radius 1 is 1.06 bits per heavy atom. The van der Waals surface area contributed by atoms with Gasteiger partial charge in [-0.05, 0) is 19.9 Å². The van der Waals surface area contributed by atoms with Gasteiger partial charge in [-0.25, -0.2) is 0 Å². The second-order valence-corrected chi connectivity index (χ2v) is 5.70. The van der Waals surface area contributed by atoms with E-state index in [-0.39, 0.29) is 0 Å². The van der Waals surface area contributed by atoms with E-state index in [9.17, 15) is 0 Å². The SMILES string of the molecule is CCCCCCCCCC1(CNC)CCOC1. The smallest absolute Gasteiger partial charge is 0.0535 e. The van der Waals surface area contributed by atoms with Gasteiger partial charge in [0, 0.05) is 18.6 Å². The molecule has 0 aromatic rings. The van der Waals surface area contributed by atoms with Crippen molar-refractivity contribution in [2.75, 3.05) is 26.8 Å². The van der Waals surface area contributed by atoms with Crippen molar-refractivity contribution in [1.29, 1.82) is 0 Å². The molecule has 0 amide bonds. The van der Waals surface area contributed by atoms with E-state index in [1.54, 1.807) is 0 Å². The fraction of sp³-hybridized carbons (Fsp3) is 1.00. The van der Waals surface area contributed by atoms with Crippen LogP contribution in [0.15, 0.2) is 0 Å². The molecule has 1 unspecified atom stereocenters. The minimum Gasteiger partial charge on any atom is -0.381 e. The molecule has 0 aliphatic carbocycles. The van der Waals surface area contributed by atoms with E-state index in [1.807, 2.05) is 0 Å². The Balaban J connectivity index is 2.03. The molecule has 1 aliphatic rings. The van der Waals surface area contributed by atoms with Gasteiger partial charge in [0.15, 0.2) is 0 Å². The Kier molecular flexibility index (Phi) is 7.87. The number of nitrogens with one attached hydrogen (secondary N) is 1. The van der Waals surface area contributed by atoms with Gasteiger partial charge in [0.05, 0.1) is 6.61 Å². The van der Waals surface area contributed by atoms with Crippen molar-refractivity contribution in [3.8, 4) is 0 Å². The van der Waals surface area contributed by atoms with E-state index in [0.29, 0.717) is 5.41 Å². The van der Waals surface area contributed by atoms with Crippen LogP contribution < -0.4 is 5.32 Å². The molecule has 102 valence electrons. The molecule has 2 heteroatoms. The van der Waals surface area contributed by atoms with Gasteiger partial charge in [0.1, 0.15) is 0 Å². The van der Waals surface area contributed by atoms with Crippen LogP contribution in [0.5, 0.6) is 0 Å². The number of rotatable bonds is 10. The average Bonchev–Trinajstić information content (AvgIpc) is 2.77. The van der Waals surface area contributed by atoms with Gasteiger partial charge in [0.25, 0.3) is 0 Å². The van der Waals surface area contributed by atoms with Crippen LogP contribution in [-0.2, 0) is 4.74 Å². The lowest BCUT2D eigenvalue weighted by Crippen LogP contribution is -2.33. The third-order valence-electron chi connectivity index (χ3n) is 4.05. The van der Waals surface area contributed by atoms with Crippen molar-refractivity contribution >= 4 is 0 Å². The van der Waals surface area contributed by atoms with Crippen molar-refractivity contribution < 1.29 is 4.74 Å². The monoisotopic (exact) mass is 241 g/mol. The van der Waals surface area contributed by atoms with Gasteiger partial charge in [0.2, 0.25) is 0 Å². The van der Waals surface area contributed by atoms with Crippen LogP contribution in [-0.4, -0.2) is 26.8 Å². The first-order valence-corrected chi connectivity index (χ1v) is 7.55. The lowest BCUT2D eigenvalue weighted by molar-refractivity contribution is 0.143. The minimum atomic E-state index is 0.457. The molecule has 1 atom stereocenters. The van der Waals surface area contributed by atoms with Crippen LogP contribution in [0.2, 0.25) is 0 Å². The summed E-state index contributed by atoms with van der Waals surface area (Å²) in [6.07, 6.45) is 12.5. The van der Waals surface area contributed by atoms with Gasteiger partial charge >= 0.3 is 0 Å². The van der Waals surface area contributed by atoms with Crippen LogP contribution in [0.3, 0.4) is 0 Å². The Labute approximate surface area is 108 Å². The highest BCUT2D eigenvalue weighted by molar-refractivity contribution is 4.84. The van der Waals surface area contributed by atoms with E-state index in [1.165, 1.54) is 57.8 Å². The fourth-order valence-electron chi connectivity index (χ4n) is 2.91. The van der Waals surface area contributed by atoms with Crippen molar-refractivity contribution in [1.82, 2.24) is 5.32 Å². The van der Waals surface area contributed by atoms with Crippen LogP contribution in [0.1, 0.15) is 64.7 Å². The highest BCUT2D eigenvalue weighted by atomic mass is 16.5. The standard InChI is InChI=1S/C15H31NO/c1-3-4-5-6-7-8-9-10-15(13-16-2)11-12-17-14-15/h16H,3-14H2,1-2H3. The maximum atomic E-state index is 5.58. The molecular formula is C15H31NO. The first kappa shape index (κ1) is 15.0. The molecule has 0 saturated carbocycles. The minimum absolute atomic E-state index is 0.457. The summed E-state index contributed by atoms with van der Waals surface area (Å²) in [6.45, 7) is 5.35. The van der Waals surface area contributed by atoms with Crippen LogP contribution in [0.4, 0.5) is 0 Å². The van der Waals surface area contributed by atoms with Crippen molar-refractivity contribution in [2.24, 2.45) is 5.41 Å². The maximum Gasteiger partial charge on any atom is 0.0535 e. The van der Waals surface area contributed by atoms with Crippen LogP contribution in [0, 0.1) is 5.41 Å². The normalized spacial score (nSPS) is 24.4. The van der Waals surface area contributed by atoms with Crippen molar-refractivity contribution in [3.05, 3.63) is 0 Å². The van der Waals surface area contributed by atoms with E-state index < -0.39 is 0 Å². The molecule has 0 spiro atoms. The second kappa shape index (κ2) is 8.93. The largest absolute Gasteiger partial charge is 0.381 e. The van der Waals surface area contributed by atoms with Crippen molar-refractivity contribution in [3.63, 3.8) is 0 Å². The number of ether oxygens (including phenoxy) is 1. The molecule has 0 bridgehead atoms. The van der Waals surface area contributed by atoms with E-state index >= 15 is 0 Å². The fourth-order valence-corrected chi connectivity index (χ4v) is 2.91. The molecule has 0 radical (unpaired) electrons. The zero-order valence-electron chi connectivity index (χ0n) is 11.9. The Morgan fingerprint density at radius 2 is 1.76 bits per heavy atom. The zero-order chi connectivity index (χ0) is 12.4. The number of hydrogen-bond acceptors (Lipinski definition) is 2. The Hall–Kier alpha value is -0.0800. The van der Waals surface area contributed by atoms with E-state index in [2.05, 4.69) is 19.3 Å². The summed E-state index contributed by atoms with van der Waals surface area (Å²) >= 11 is 0. The molecule has 1 aliphatic heterocycles. The molecule has 17 heavy (non-hydrogen) atoms. The molecule has 1 fully saturated rings. The van der Waals surface area contributed by atoms with Gasteiger partial charge < -0.3 is 10.1 Å². The topological polar surface area (TPSA) is 21.3 Å². The van der Waals surface area contributed by atoms with Crippen molar-refractivity contribution in [2.45, 2.75) is 64.7 Å². The second-order valence-electron chi connectivity index (χ2n) is 5.70. The van der Waals surface area contributed by atoms with E-state index in [0.717, 1.165) is 19.8 Å². The van der Waals surface area contributed by atoms with Crippen LogP contribution in [0.25, 0.3) is 0 Å². The van der Waals surface area contributed by atoms with Gasteiger partial charge in [-0.2, -0.15) is 0 Å². The highest BCUT2D eigenvalue weighted by Gasteiger charge is 2.33. The summed E-state index contributed by atoms with van der Waals surface area (Å²) in [7, 11) is 2.06. The first-order valence-electron chi connectivity index (χ1n) is 7.55. The molecule has 1 N–H and O–H groups in total. The maximum absolute atomic E-state index is 5.58. The predicted molar refractivity (Wildman–Crippen MR) is 74.4 cm³/mol. The van der Waals surface area contributed by atoms with Gasteiger partial charge in [-0.1, -0.05) is 51.9 Å². The average molecular weight is 241 g/mol. The molecule has 1 saturated heterocycles. The Bertz CT molecular complexity index is 176. The van der Waals surface area contributed by atoms with Gasteiger partial charge in [-0.3, -0.25) is 0 Å². The third kappa shape index (κ3) is 5.87. The summed E-state index contributed by atoms with van der Waals surface area (Å²) in [5.74, 6) is 0. The lowest BCUT2D eigenvalue weighted by atomic mass is 9.81.